The number of hydrogen-bond donors (Lipinski definition) is 12. The van der Waals surface area contributed by atoms with Gasteiger partial charge in [0, 0.05) is 24.3 Å². The van der Waals surface area contributed by atoms with Gasteiger partial charge in [0.15, 0.2) is 30.2 Å². The van der Waals surface area contributed by atoms with Crippen molar-refractivity contribution >= 4 is 23.0 Å². The first-order valence-electron chi connectivity index (χ1n) is 19.8. The quantitative estimate of drug-likeness (QED) is 0.0299. The van der Waals surface area contributed by atoms with Crippen LogP contribution in [-0.4, -0.2) is 180 Å². The van der Waals surface area contributed by atoms with Crippen molar-refractivity contribution in [2.45, 2.75) is 86.0 Å². The average Bonchev–Trinajstić information content (AvgIpc) is 3.28. The fourth-order valence-corrected chi connectivity index (χ4v) is 7.15. The lowest BCUT2D eigenvalue weighted by atomic mass is 9.98. The Balaban J connectivity index is 1.12. The topological polar surface area (TPSA) is 368 Å². The summed E-state index contributed by atoms with van der Waals surface area (Å²) in [5, 5.41) is 139. The number of hydrogen-bond acceptors (Lipinski definition) is 22. The highest BCUT2D eigenvalue weighted by molar-refractivity contribution is 5.89. The highest BCUT2D eigenvalue weighted by Gasteiger charge is 2.52. The number of carbonyl (C=O) groups excluding carboxylic acids is 1. The summed E-state index contributed by atoms with van der Waals surface area (Å²) in [6, 6.07) is 10.9. The highest BCUT2D eigenvalue weighted by Crippen LogP contribution is 2.43. The molecule has 65 heavy (non-hydrogen) atoms. The molecule has 3 saturated heterocycles. The molecule has 3 aromatic carbocycles. The second-order valence-corrected chi connectivity index (χ2v) is 15.2. The molecule has 23 heteroatoms. The standard InChI is InChI=1S/C42H46O23/c1-57-26-8-16(2-5-21(26)45)3-7-30(49)58-14-28-32(51)34(53)37(56)40(63-28)60-15-29-33(52)35(54)39(65-41-36(55)31(50)24(48)13-59-41)42(64-29)62-27-12-19-22(46)10-18(43)11-25(19)61-38(27)17-4-6-20(44)23(47)9-17/h2-12,24,28-29,31-37,39-42,48,50-56H,13-15H2,1H3,(H4-,43,44,45,46,47,49)/t24-,28-,29-,31+,32-,33+,34+,35+,36-,37-,39-,40-,41+,42-/m1/s1. The molecule has 0 unspecified atom stereocenters. The number of aliphatic hydroxyl groups is 8. The summed E-state index contributed by atoms with van der Waals surface area (Å²) in [4.78, 5) is 12.5. The Bertz CT molecular complexity index is 2340. The van der Waals surface area contributed by atoms with E-state index in [1.807, 2.05) is 0 Å². The zero-order valence-electron chi connectivity index (χ0n) is 33.9. The van der Waals surface area contributed by atoms with Crippen LogP contribution in [0, 0.1) is 0 Å². The van der Waals surface area contributed by atoms with Gasteiger partial charge in [-0.25, -0.2) is 9.21 Å². The van der Waals surface area contributed by atoms with E-state index < -0.39 is 135 Å². The molecule has 0 saturated carbocycles. The number of esters is 1. The van der Waals surface area contributed by atoms with Gasteiger partial charge in [-0.2, -0.15) is 0 Å². The molecule has 0 spiro atoms. The Morgan fingerprint density at radius 3 is 2.18 bits per heavy atom. The Labute approximate surface area is 366 Å². The van der Waals surface area contributed by atoms with Crippen molar-refractivity contribution in [3.8, 4) is 51.6 Å². The van der Waals surface area contributed by atoms with E-state index in [4.69, 9.17) is 42.3 Å². The summed E-state index contributed by atoms with van der Waals surface area (Å²) in [5.41, 5.74) is 0.373. The molecule has 4 aromatic rings. The third-order valence-electron chi connectivity index (χ3n) is 10.8. The van der Waals surface area contributed by atoms with E-state index in [1.54, 1.807) is 0 Å². The number of methoxy groups -OCH3 is 1. The molecule has 14 atom stereocenters. The van der Waals surface area contributed by atoms with Gasteiger partial charge in [0.2, 0.25) is 12.0 Å². The summed E-state index contributed by atoms with van der Waals surface area (Å²) in [6.07, 6.45) is -23.0. The summed E-state index contributed by atoms with van der Waals surface area (Å²) >= 11 is 0. The van der Waals surface area contributed by atoms with Crippen LogP contribution in [0.5, 0.6) is 40.2 Å². The van der Waals surface area contributed by atoms with E-state index >= 15 is 0 Å². The van der Waals surface area contributed by atoms with Gasteiger partial charge in [-0.15, -0.1) is 0 Å². The van der Waals surface area contributed by atoms with Crippen LogP contribution >= 0.6 is 0 Å². The number of benzene rings is 3. The van der Waals surface area contributed by atoms with Crippen LogP contribution in [0.15, 0.2) is 65.1 Å². The molecule has 0 aliphatic carbocycles. The monoisotopic (exact) mass is 918 g/mol. The molecule has 12 N–H and O–H groups in total. The van der Waals surface area contributed by atoms with E-state index in [2.05, 4.69) is 0 Å². The lowest BCUT2D eigenvalue weighted by Crippen LogP contribution is -2.64. The Kier molecular flexibility index (Phi) is 14.5. The molecule has 0 amide bonds. The largest absolute Gasteiger partial charge is 0.870 e. The molecule has 23 nitrogen and oxygen atoms in total. The minimum Gasteiger partial charge on any atom is -0.870 e. The van der Waals surface area contributed by atoms with Gasteiger partial charge >= 0.3 is 17.3 Å². The number of rotatable bonds is 13. The van der Waals surface area contributed by atoms with Crippen LogP contribution in [0.3, 0.4) is 0 Å². The molecule has 7 rings (SSSR count). The first-order chi connectivity index (χ1) is 30.9. The average molecular weight is 919 g/mol. The molecular weight excluding hydrogens is 872 g/mol. The van der Waals surface area contributed by atoms with Crippen LogP contribution in [-0.2, 0) is 33.2 Å². The van der Waals surface area contributed by atoms with Gasteiger partial charge < -0.3 is 104 Å². The first kappa shape index (κ1) is 47.3. The van der Waals surface area contributed by atoms with Crippen molar-refractivity contribution < 1.29 is 113 Å². The SMILES string of the molecule is COc1cc(/C=C/C(=O)OC[C@H]2O[C@@H](OC[C@H]3O[C@@H](Oc4cc5c(O)cc(O)cc5[o+]c4-c4ccc(O)c(O)c4)[C@H](O[C@@H]4OC[C@@H](O)[C@H](O)[C@H]4O)[C@@H](O)[C@H]3O)[C@H](O)[C@@H](O)[C@@H]2O)ccc1[O-]. The normalized spacial score (nSPS) is 31.8. The van der Waals surface area contributed by atoms with Crippen molar-refractivity contribution in [2.24, 2.45) is 0 Å². The molecule has 4 heterocycles. The zero-order chi connectivity index (χ0) is 46.9. The van der Waals surface area contributed by atoms with E-state index in [0.29, 0.717) is 5.56 Å². The number of phenols is 4. The summed E-state index contributed by atoms with van der Waals surface area (Å²) in [6.45, 7) is -1.97. The molecule has 3 aliphatic rings. The van der Waals surface area contributed by atoms with Crippen LogP contribution in [0.4, 0.5) is 0 Å². The third-order valence-corrected chi connectivity index (χ3v) is 10.8. The molecule has 352 valence electrons. The minimum atomic E-state index is -2.03. The number of aromatic hydroxyl groups is 4. The van der Waals surface area contributed by atoms with Gasteiger partial charge in [0.1, 0.15) is 90.3 Å². The lowest BCUT2D eigenvalue weighted by molar-refractivity contribution is -0.353. The van der Waals surface area contributed by atoms with Crippen LogP contribution in [0.1, 0.15) is 5.56 Å². The predicted octanol–water partition coefficient (Wildman–Crippen LogP) is -1.98. The number of fused-ring (bicyclic) bond motifs is 1. The van der Waals surface area contributed by atoms with Crippen LogP contribution in [0.25, 0.3) is 28.4 Å². The van der Waals surface area contributed by atoms with Gasteiger partial charge in [0.25, 0.3) is 0 Å². The van der Waals surface area contributed by atoms with E-state index in [9.17, 15) is 71.2 Å². The summed E-state index contributed by atoms with van der Waals surface area (Å²) in [7, 11) is 1.30. The predicted molar refractivity (Wildman–Crippen MR) is 212 cm³/mol. The fraction of sp³-hybridized carbons (Fsp3) is 0.429. The Morgan fingerprint density at radius 2 is 1.45 bits per heavy atom. The number of phenolic OH excluding ortho intramolecular Hbond substituents is 4. The van der Waals surface area contributed by atoms with Crippen molar-refractivity contribution in [3.05, 3.63) is 66.2 Å². The maximum atomic E-state index is 12.5. The Hall–Kier alpha value is -5.64. The van der Waals surface area contributed by atoms with E-state index in [0.717, 1.165) is 30.3 Å². The van der Waals surface area contributed by atoms with E-state index in [1.165, 1.54) is 43.5 Å². The number of carbonyl (C=O) groups is 1. The Morgan fingerprint density at radius 1 is 0.738 bits per heavy atom. The summed E-state index contributed by atoms with van der Waals surface area (Å²) < 4.78 is 50.9. The highest BCUT2D eigenvalue weighted by atomic mass is 16.8. The van der Waals surface area contributed by atoms with E-state index in [-0.39, 0.29) is 39.5 Å². The number of aliphatic hydroxyl groups excluding tert-OH is 8. The molecule has 0 bridgehead atoms. The van der Waals surface area contributed by atoms with Crippen LogP contribution in [0.2, 0.25) is 0 Å². The molecule has 0 radical (unpaired) electrons. The maximum absolute atomic E-state index is 12.5. The minimum absolute atomic E-state index is 0.0389. The van der Waals surface area contributed by atoms with Crippen molar-refractivity contribution in [3.63, 3.8) is 0 Å². The van der Waals surface area contributed by atoms with Gasteiger partial charge in [-0.05, 0) is 29.8 Å². The second-order valence-electron chi connectivity index (χ2n) is 15.2. The van der Waals surface area contributed by atoms with Gasteiger partial charge in [-0.1, -0.05) is 17.9 Å². The van der Waals surface area contributed by atoms with Crippen molar-refractivity contribution in [2.75, 3.05) is 26.9 Å². The molecule has 3 fully saturated rings. The third kappa shape index (κ3) is 10.3. The van der Waals surface area contributed by atoms with Crippen LogP contribution < -0.4 is 14.6 Å². The fourth-order valence-electron chi connectivity index (χ4n) is 7.15. The number of ether oxygens (including phenoxy) is 8. The van der Waals surface area contributed by atoms with Gasteiger partial charge in [0.05, 0.1) is 32.0 Å². The second kappa shape index (κ2) is 19.8. The summed E-state index contributed by atoms with van der Waals surface area (Å²) in [5.74, 6) is -3.79. The van der Waals surface area contributed by atoms with Crippen molar-refractivity contribution in [1.82, 2.24) is 0 Å². The molecule has 3 aliphatic heterocycles. The molecule has 1 aromatic heterocycles. The first-order valence-corrected chi connectivity index (χ1v) is 19.8. The lowest BCUT2D eigenvalue weighted by Gasteiger charge is -2.45. The van der Waals surface area contributed by atoms with Crippen molar-refractivity contribution in [1.29, 1.82) is 0 Å². The van der Waals surface area contributed by atoms with Gasteiger partial charge in [-0.3, -0.25) is 0 Å². The smallest absolute Gasteiger partial charge is 0.402 e. The maximum Gasteiger partial charge on any atom is 0.402 e. The zero-order valence-corrected chi connectivity index (χ0v) is 33.9. The molecular formula is C42H46O23.